The molecule has 0 spiro atoms. The van der Waals surface area contributed by atoms with Crippen molar-refractivity contribution in [1.82, 2.24) is 5.32 Å². The van der Waals surface area contributed by atoms with Gasteiger partial charge in [-0.1, -0.05) is 26.0 Å². The maximum atomic E-state index is 12.2. The number of anilines is 1. The molecule has 2 aromatic carbocycles. The molecule has 0 aliphatic rings. The van der Waals surface area contributed by atoms with Crippen LogP contribution in [0.2, 0.25) is 0 Å². The van der Waals surface area contributed by atoms with Crippen LogP contribution in [0.4, 0.5) is 5.69 Å². The molecule has 150 valence electrons. The predicted octanol–water partition coefficient (Wildman–Crippen LogP) is 4.46. The molecule has 0 aliphatic carbocycles. The zero-order valence-corrected chi connectivity index (χ0v) is 16.5. The third kappa shape index (κ3) is 5.72. The lowest BCUT2D eigenvalue weighted by Gasteiger charge is -2.10. The largest absolute Gasteiger partial charge is 0.492 e. The molecule has 0 aliphatic heterocycles. The summed E-state index contributed by atoms with van der Waals surface area (Å²) in [6.07, 6.45) is 1.44. The average Bonchev–Trinajstić information content (AvgIpc) is 3.27. The Morgan fingerprint density at radius 3 is 2.31 bits per heavy atom. The average molecular weight is 392 g/mol. The monoisotopic (exact) mass is 392 g/mol. The van der Waals surface area contributed by atoms with Gasteiger partial charge in [-0.15, -0.1) is 0 Å². The third-order valence-corrected chi connectivity index (χ3v) is 4.35. The molecule has 1 aromatic heterocycles. The Labute approximate surface area is 169 Å². The van der Waals surface area contributed by atoms with Crippen LogP contribution in [0.5, 0.6) is 5.75 Å². The number of hydrogen-bond acceptors (Lipinski definition) is 4. The first kappa shape index (κ1) is 20.2. The van der Waals surface area contributed by atoms with Crippen LogP contribution in [0.25, 0.3) is 0 Å². The van der Waals surface area contributed by atoms with Crippen molar-refractivity contribution in [2.45, 2.75) is 19.8 Å². The van der Waals surface area contributed by atoms with Crippen LogP contribution in [0.3, 0.4) is 0 Å². The summed E-state index contributed by atoms with van der Waals surface area (Å²) < 4.78 is 10.7. The highest BCUT2D eigenvalue weighted by Crippen LogP contribution is 2.18. The number of ether oxygens (including phenoxy) is 1. The van der Waals surface area contributed by atoms with E-state index in [1.807, 2.05) is 24.3 Å². The second-order valence-electron chi connectivity index (χ2n) is 6.84. The molecule has 2 N–H and O–H groups in total. The van der Waals surface area contributed by atoms with Crippen LogP contribution in [0, 0.1) is 0 Å². The molecular weight excluding hydrogens is 368 g/mol. The van der Waals surface area contributed by atoms with E-state index < -0.39 is 0 Å². The van der Waals surface area contributed by atoms with E-state index in [1.165, 1.54) is 11.8 Å². The van der Waals surface area contributed by atoms with Crippen molar-refractivity contribution in [3.8, 4) is 5.75 Å². The SMILES string of the molecule is CC(C)c1ccc(OCCNC(=O)c2ccc(NC(=O)c3ccco3)cc2)cc1. The molecule has 1 heterocycles. The van der Waals surface area contributed by atoms with Gasteiger partial charge in [0.05, 0.1) is 12.8 Å². The first-order valence-electron chi connectivity index (χ1n) is 9.49. The summed E-state index contributed by atoms with van der Waals surface area (Å²) >= 11 is 0. The van der Waals surface area contributed by atoms with Gasteiger partial charge >= 0.3 is 0 Å². The molecule has 0 unspecified atom stereocenters. The fraction of sp³-hybridized carbons (Fsp3) is 0.217. The highest BCUT2D eigenvalue weighted by atomic mass is 16.5. The molecule has 0 saturated heterocycles. The lowest BCUT2D eigenvalue weighted by Crippen LogP contribution is -2.28. The first-order chi connectivity index (χ1) is 14.0. The van der Waals surface area contributed by atoms with Crippen molar-refractivity contribution in [2.24, 2.45) is 0 Å². The van der Waals surface area contributed by atoms with Crippen molar-refractivity contribution in [1.29, 1.82) is 0 Å². The molecule has 29 heavy (non-hydrogen) atoms. The van der Waals surface area contributed by atoms with Gasteiger partial charge in [-0.3, -0.25) is 9.59 Å². The number of amides is 2. The van der Waals surface area contributed by atoms with Crippen LogP contribution < -0.4 is 15.4 Å². The zero-order chi connectivity index (χ0) is 20.6. The minimum atomic E-state index is -0.342. The minimum Gasteiger partial charge on any atom is -0.492 e. The highest BCUT2D eigenvalue weighted by molar-refractivity contribution is 6.02. The van der Waals surface area contributed by atoms with E-state index in [2.05, 4.69) is 24.5 Å². The van der Waals surface area contributed by atoms with Gasteiger partial charge in [-0.25, -0.2) is 0 Å². The van der Waals surface area contributed by atoms with E-state index in [0.29, 0.717) is 30.3 Å². The number of hydrogen-bond donors (Lipinski definition) is 2. The maximum Gasteiger partial charge on any atom is 0.291 e. The zero-order valence-electron chi connectivity index (χ0n) is 16.5. The van der Waals surface area contributed by atoms with Crippen LogP contribution >= 0.6 is 0 Å². The Kier molecular flexibility index (Phi) is 6.68. The summed E-state index contributed by atoms with van der Waals surface area (Å²) in [6, 6.07) is 17.8. The van der Waals surface area contributed by atoms with Gasteiger partial charge in [-0.2, -0.15) is 0 Å². The van der Waals surface area contributed by atoms with E-state index in [-0.39, 0.29) is 17.6 Å². The molecule has 2 amide bonds. The summed E-state index contributed by atoms with van der Waals surface area (Å²) in [5.74, 6) is 0.942. The van der Waals surface area contributed by atoms with Crippen LogP contribution in [-0.4, -0.2) is 25.0 Å². The topological polar surface area (TPSA) is 80.6 Å². The Morgan fingerprint density at radius 2 is 1.69 bits per heavy atom. The second-order valence-corrected chi connectivity index (χ2v) is 6.84. The summed E-state index contributed by atoms with van der Waals surface area (Å²) in [5, 5.41) is 5.52. The Balaban J connectivity index is 1.42. The number of nitrogens with one attached hydrogen (secondary N) is 2. The van der Waals surface area contributed by atoms with Crippen molar-refractivity contribution in [2.75, 3.05) is 18.5 Å². The molecule has 0 bridgehead atoms. The molecule has 0 fully saturated rings. The number of rotatable bonds is 8. The van der Waals surface area contributed by atoms with Crippen LogP contribution in [0.1, 0.15) is 46.2 Å². The fourth-order valence-corrected chi connectivity index (χ4v) is 2.69. The summed E-state index contributed by atoms with van der Waals surface area (Å²) in [6.45, 7) is 5.06. The van der Waals surface area contributed by atoms with Crippen LogP contribution in [-0.2, 0) is 0 Å². The lowest BCUT2D eigenvalue weighted by atomic mass is 10.0. The van der Waals surface area contributed by atoms with E-state index in [4.69, 9.17) is 9.15 Å². The van der Waals surface area contributed by atoms with Crippen molar-refractivity contribution in [3.05, 3.63) is 83.8 Å². The van der Waals surface area contributed by atoms with Crippen LogP contribution in [0.15, 0.2) is 71.3 Å². The van der Waals surface area contributed by atoms with Gasteiger partial charge in [0.15, 0.2) is 5.76 Å². The molecule has 6 nitrogen and oxygen atoms in total. The third-order valence-electron chi connectivity index (χ3n) is 4.35. The standard InChI is InChI=1S/C23H24N2O4/c1-16(2)17-7-11-20(12-8-17)28-15-13-24-22(26)18-5-9-19(10-6-18)25-23(27)21-4-3-14-29-21/h3-12,14,16H,13,15H2,1-2H3,(H,24,26)(H,25,27). The molecule has 0 atom stereocenters. The van der Waals surface area contributed by atoms with Gasteiger partial charge in [0.2, 0.25) is 0 Å². The quantitative estimate of drug-likeness (QED) is 0.555. The normalized spacial score (nSPS) is 10.6. The molecule has 0 radical (unpaired) electrons. The summed E-state index contributed by atoms with van der Waals surface area (Å²) in [4.78, 5) is 24.2. The number of furan rings is 1. The molecule has 0 saturated carbocycles. The number of carbonyl (C=O) groups is 2. The summed E-state index contributed by atoms with van der Waals surface area (Å²) in [7, 11) is 0. The molecule has 6 heteroatoms. The Morgan fingerprint density at radius 1 is 0.966 bits per heavy atom. The Bertz CT molecular complexity index is 930. The van der Waals surface area contributed by atoms with Gasteiger partial charge in [0.25, 0.3) is 11.8 Å². The van der Waals surface area contributed by atoms with E-state index in [9.17, 15) is 9.59 Å². The molecule has 3 aromatic rings. The van der Waals surface area contributed by atoms with Gasteiger partial charge < -0.3 is 19.8 Å². The fourth-order valence-electron chi connectivity index (χ4n) is 2.69. The molecular formula is C23H24N2O4. The van der Waals surface area contributed by atoms with E-state index in [1.54, 1.807) is 36.4 Å². The second kappa shape index (κ2) is 9.59. The maximum absolute atomic E-state index is 12.2. The molecule has 3 rings (SSSR count). The lowest BCUT2D eigenvalue weighted by molar-refractivity contribution is 0.0946. The first-order valence-corrected chi connectivity index (χ1v) is 9.49. The number of benzene rings is 2. The van der Waals surface area contributed by atoms with Gasteiger partial charge in [0.1, 0.15) is 12.4 Å². The predicted molar refractivity (Wildman–Crippen MR) is 111 cm³/mol. The van der Waals surface area contributed by atoms with Crippen molar-refractivity contribution in [3.63, 3.8) is 0 Å². The van der Waals surface area contributed by atoms with Crippen molar-refractivity contribution < 1.29 is 18.7 Å². The van der Waals surface area contributed by atoms with Gasteiger partial charge in [-0.05, 0) is 60.0 Å². The summed E-state index contributed by atoms with van der Waals surface area (Å²) in [5.41, 5.74) is 2.34. The van der Waals surface area contributed by atoms with Gasteiger partial charge in [0, 0.05) is 11.3 Å². The Hall–Kier alpha value is -3.54. The highest BCUT2D eigenvalue weighted by Gasteiger charge is 2.10. The van der Waals surface area contributed by atoms with E-state index in [0.717, 1.165) is 5.75 Å². The minimum absolute atomic E-state index is 0.201. The number of carbonyl (C=O) groups excluding carboxylic acids is 2. The van der Waals surface area contributed by atoms with Crippen molar-refractivity contribution >= 4 is 17.5 Å². The van der Waals surface area contributed by atoms with E-state index >= 15 is 0 Å². The smallest absolute Gasteiger partial charge is 0.291 e.